The average molecular weight is 640 g/mol. The van der Waals surface area contributed by atoms with Crippen LogP contribution in [0.5, 0.6) is 5.88 Å². The minimum Gasteiger partial charge on any atom is -0.481 e. The third-order valence-corrected chi connectivity index (χ3v) is 8.20. The second-order valence-electron chi connectivity index (χ2n) is 11.0. The van der Waals surface area contributed by atoms with Gasteiger partial charge in [-0.3, -0.25) is 9.88 Å². The van der Waals surface area contributed by atoms with Gasteiger partial charge in [0, 0.05) is 25.1 Å². The zero-order valence-corrected chi connectivity index (χ0v) is 24.4. The number of carboxylic acid groups (broad SMARTS) is 1. The summed E-state index contributed by atoms with van der Waals surface area (Å²) in [5.74, 6) is -0.610. The van der Waals surface area contributed by atoms with Gasteiger partial charge in [0.1, 0.15) is 5.66 Å². The van der Waals surface area contributed by atoms with Crippen molar-refractivity contribution in [3.63, 3.8) is 0 Å². The highest BCUT2D eigenvalue weighted by molar-refractivity contribution is 5.89. The fourth-order valence-corrected chi connectivity index (χ4v) is 5.91. The molecule has 242 valence electrons. The molecule has 45 heavy (non-hydrogen) atoms. The number of methoxy groups -OCH3 is 1. The first-order valence-corrected chi connectivity index (χ1v) is 14.1. The lowest BCUT2D eigenvalue weighted by molar-refractivity contribution is -0.143. The molecular formula is C30H31F6N5O4. The number of rotatable bonds is 6. The van der Waals surface area contributed by atoms with Crippen LogP contribution in [0.15, 0.2) is 42.6 Å². The van der Waals surface area contributed by atoms with E-state index in [4.69, 9.17) is 20.2 Å². The quantitative estimate of drug-likeness (QED) is 0.314. The van der Waals surface area contributed by atoms with Gasteiger partial charge in [0.25, 0.3) is 0 Å². The number of halogens is 6. The van der Waals surface area contributed by atoms with E-state index in [9.17, 15) is 36.2 Å². The van der Waals surface area contributed by atoms with E-state index < -0.39 is 41.2 Å². The third kappa shape index (κ3) is 6.50. The Hall–Kier alpha value is -4.11. The molecule has 3 N–H and O–H groups in total. The van der Waals surface area contributed by atoms with Crippen molar-refractivity contribution in [1.29, 1.82) is 0 Å². The molecule has 4 heterocycles. The van der Waals surface area contributed by atoms with Gasteiger partial charge in [-0.15, -0.1) is 0 Å². The number of alkyl halides is 6. The number of aromatic nitrogens is 2. The molecule has 2 atom stereocenters. The number of anilines is 2. The lowest BCUT2D eigenvalue weighted by Crippen LogP contribution is -2.61. The number of hydrogen-bond donors (Lipinski definition) is 2. The van der Waals surface area contributed by atoms with Gasteiger partial charge >= 0.3 is 18.4 Å². The van der Waals surface area contributed by atoms with Crippen molar-refractivity contribution >= 4 is 17.5 Å². The van der Waals surface area contributed by atoms with Crippen molar-refractivity contribution in [3.8, 4) is 5.88 Å². The molecule has 2 aromatic heterocycles. The molecule has 0 radical (unpaired) electrons. The van der Waals surface area contributed by atoms with Gasteiger partial charge in [0.15, 0.2) is 0 Å². The third-order valence-electron chi connectivity index (χ3n) is 8.20. The Morgan fingerprint density at radius 1 is 1.07 bits per heavy atom. The molecule has 0 bridgehead atoms. The molecule has 0 spiro atoms. The Balaban J connectivity index is 1.71. The topological polar surface area (TPSA) is 114 Å². The summed E-state index contributed by atoms with van der Waals surface area (Å²) in [4.78, 5) is 24.6. The number of pyridine rings is 2. The summed E-state index contributed by atoms with van der Waals surface area (Å²) in [5, 5.41) is 10.1. The lowest BCUT2D eigenvalue weighted by Gasteiger charge is -2.45. The summed E-state index contributed by atoms with van der Waals surface area (Å²) in [6, 6.07) is 6.15. The summed E-state index contributed by atoms with van der Waals surface area (Å²) in [6.45, 7) is 3.57. The Labute approximate surface area is 254 Å². The summed E-state index contributed by atoms with van der Waals surface area (Å²) >= 11 is 0. The van der Waals surface area contributed by atoms with E-state index in [0.717, 1.165) is 4.90 Å². The zero-order valence-electron chi connectivity index (χ0n) is 24.4. The normalized spacial score (nSPS) is 20.6. The largest absolute Gasteiger partial charge is 0.481 e. The molecule has 2 aliphatic rings. The standard InChI is InChI=1S/C30H31F6N5O4/c1-3-28(37)15-22(26-23(41(28)27(42)43)4-5-24(39-26)44-2)25-18(13-21(16-38-25)40-6-8-45-9-7-40)10-17-11-19(29(31,32)33)14-20(12-17)30(34,35)36/h4-5,11-14,16,22H,3,6-10,15,37H2,1-2H3,(H,42,43)/t22-,28+/m0/s1. The first kappa shape index (κ1) is 32.3. The van der Waals surface area contributed by atoms with Crippen molar-refractivity contribution in [2.24, 2.45) is 5.73 Å². The van der Waals surface area contributed by atoms with Gasteiger partial charge < -0.3 is 25.2 Å². The molecule has 2 aliphatic heterocycles. The highest BCUT2D eigenvalue weighted by Gasteiger charge is 2.47. The molecule has 1 saturated heterocycles. The second kappa shape index (κ2) is 12.0. The van der Waals surface area contributed by atoms with Crippen LogP contribution in [0.25, 0.3) is 0 Å². The maximum absolute atomic E-state index is 13.7. The average Bonchev–Trinajstić information content (AvgIpc) is 2.99. The number of benzene rings is 1. The van der Waals surface area contributed by atoms with Crippen LogP contribution < -0.4 is 20.3 Å². The van der Waals surface area contributed by atoms with Crippen LogP contribution in [0.1, 0.15) is 59.3 Å². The van der Waals surface area contributed by atoms with Crippen molar-refractivity contribution in [2.45, 2.75) is 50.1 Å². The SMILES string of the molecule is CC[C@]1(N)C[C@@H](c2ncc(N3CCOCC3)cc2Cc2cc(C(F)(F)F)cc(C(F)(F)F)c2)c2nc(OC)ccc2N1C(=O)O. The van der Waals surface area contributed by atoms with Crippen LogP contribution in [0.2, 0.25) is 0 Å². The first-order valence-electron chi connectivity index (χ1n) is 14.1. The lowest BCUT2D eigenvalue weighted by atomic mass is 9.80. The highest BCUT2D eigenvalue weighted by Crippen LogP contribution is 2.47. The summed E-state index contributed by atoms with van der Waals surface area (Å²) in [5.41, 5.74) is 3.85. The number of hydrogen-bond acceptors (Lipinski definition) is 7. The van der Waals surface area contributed by atoms with E-state index in [0.29, 0.717) is 55.4 Å². The number of nitrogens with two attached hydrogens (primary N) is 1. The molecule has 1 amide bonds. The van der Waals surface area contributed by atoms with Gasteiger partial charge in [-0.2, -0.15) is 26.3 Å². The van der Waals surface area contributed by atoms with Crippen LogP contribution in [0.3, 0.4) is 0 Å². The van der Waals surface area contributed by atoms with Crippen molar-refractivity contribution < 1.29 is 45.7 Å². The zero-order chi connectivity index (χ0) is 32.7. The number of morpholine rings is 1. The first-order chi connectivity index (χ1) is 21.1. The second-order valence-corrected chi connectivity index (χ2v) is 11.0. The fourth-order valence-electron chi connectivity index (χ4n) is 5.91. The van der Waals surface area contributed by atoms with Crippen LogP contribution >= 0.6 is 0 Å². The van der Waals surface area contributed by atoms with Crippen molar-refractivity contribution in [1.82, 2.24) is 9.97 Å². The monoisotopic (exact) mass is 639 g/mol. The number of fused-ring (bicyclic) bond motifs is 1. The fraction of sp³-hybridized carbons (Fsp3) is 0.433. The molecule has 1 fully saturated rings. The van der Waals surface area contributed by atoms with E-state index >= 15 is 0 Å². The molecule has 1 aromatic carbocycles. The van der Waals surface area contributed by atoms with E-state index in [1.54, 1.807) is 19.2 Å². The highest BCUT2D eigenvalue weighted by atomic mass is 19.4. The molecule has 3 aromatic rings. The number of carbonyl (C=O) groups is 1. The van der Waals surface area contributed by atoms with Crippen LogP contribution in [0.4, 0.5) is 42.5 Å². The number of amides is 1. The van der Waals surface area contributed by atoms with E-state index in [-0.39, 0.29) is 48.2 Å². The Morgan fingerprint density at radius 2 is 1.71 bits per heavy atom. The molecule has 0 unspecified atom stereocenters. The molecule has 5 rings (SSSR count). The maximum Gasteiger partial charge on any atom is 0.416 e. The predicted octanol–water partition coefficient (Wildman–Crippen LogP) is 6.04. The van der Waals surface area contributed by atoms with Gasteiger partial charge in [0.2, 0.25) is 5.88 Å². The maximum atomic E-state index is 13.7. The number of nitrogens with zero attached hydrogens (tertiary/aromatic N) is 4. The Morgan fingerprint density at radius 3 is 2.27 bits per heavy atom. The van der Waals surface area contributed by atoms with Gasteiger partial charge in [-0.25, -0.2) is 9.78 Å². The van der Waals surface area contributed by atoms with Crippen LogP contribution in [-0.2, 0) is 23.5 Å². The number of ether oxygens (including phenoxy) is 2. The van der Waals surface area contributed by atoms with Crippen molar-refractivity contribution in [3.05, 3.63) is 76.2 Å². The molecule has 9 nitrogen and oxygen atoms in total. The minimum absolute atomic E-state index is 0.0176. The summed E-state index contributed by atoms with van der Waals surface area (Å²) < 4.78 is 93.1. The van der Waals surface area contributed by atoms with Crippen LogP contribution in [-0.4, -0.2) is 60.2 Å². The molecule has 0 saturated carbocycles. The Kier molecular flexibility index (Phi) is 8.61. The van der Waals surface area contributed by atoms with Gasteiger partial charge in [0.05, 0.1) is 60.4 Å². The van der Waals surface area contributed by atoms with E-state index in [2.05, 4.69) is 4.98 Å². The van der Waals surface area contributed by atoms with E-state index in [1.807, 2.05) is 4.90 Å². The molecule has 15 heteroatoms. The van der Waals surface area contributed by atoms with Crippen molar-refractivity contribution in [2.75, 3.05) is 43.2 Å². The smallest absolute Gasteiger partial charge is 0.416 e. The Bertz CT molecular complexity index is 1550. The minimum atomic E-state index is -5.02. The molecular weight excluding hydrogens is 608 g/mol. The van der Waals surface area contributed by atoms with Gasteiger partial charge in [-0.1, -0.05) is 6.92 Å². The van der Waals surface area contributed by atoms with E-state index in [1.165, 1.54) is 19.2 Å². The molecule has 0 aliphatic carbocycles. The summed E-state index contributed by atoms with van der Waals surface area (Å²) in [7, 11) is 1.38. The van der Waals surface area contributed by atoms with Gasteiger partial charge in [-0.05, 0) is 60.7 Å². The predicted molar refractivity (Wildman–Crippen MR) is 151 cm³/mol. The summed E-state index contributed by atoms with van der Waals surface area (Å²) in [6.07, 6.45) is -9.95. The van der Waals surface area contributed by atoms with Crippen LogP contribution in [0, 0.1) is 0 Å².